The van der Waals surface area contributed by atoms with Crippen molar-refractivity contribution in [2.24, 2.45) is 0 Å². The number of benzene rings is 1. The van der Waals surface area contributed by atoms with Gasteiger partial charge in [0.1, 0.15) is 0 Å². The van der Waals surface area contributed by atoms with Crippen LogP contribution in [0.4, 0.5) is 11.4 Å². The zero-order valence-electron chi connectivity index (χ0n) is 11.7. The first-order chi connectivity index (χ1) is 8.84. The Bertz CT molecular complexity index is 450. The lowest BCUT2D eigenvalue weighted by Crippen LogP contribution is -2.45. The second-order valence-corrected chi connectivity index (χ2v) is 5.91. The van der Waals surface area contributed by atoms with E-state index in [-0.39, 0.29) is 0 Å². The Morgan fingerprint density at radius 3 is 2.68 bits per heavy atom. The molecule has 6 heteroatoms. The van der Waals surface area contributed by atoms with Crippen molar-refractivity contribution in [3.63, 3.8) is 0 Å². The molecule has 0 aliphatic rings. The van der Waals surface area contributed by atoms with E-state index < -0.39 is 16.8 Å². The maximum Gasteiger partial charge on any atom is 0.0411 e. The molecule has 1 unspecified atom stereocenters. The van der Waals surface area contributed by atoms with Crippen LogP contribution in [-0.4, -0.2) is 20.8 Å². The third-order valence-electron chi connectivity index (χ3n) is 2.76. The lowest BCUT2D eigenvalue weighted by Gasteiger charge is -2.28. The number of hydrogen-bond donors (Lipinski definition) is 3. The van der Waals surface area contributed by atoms with E-state index in [4.69, 9.17) is 5.73 Å². The van der Waals surface area contributed by atoms with Crippen LogP contribution in [-0.2, 0) is 17.7 Å². The smallest absolute Gasteiger partial charge is 0.0411 e. The van der Waals surface area contributed by atoms with Crippen LogP contribution >= 0.6 is 0 Å². The SMILES string of the molecule is CCCc1cc(NCC(C)(C)NS(=O)[O-])ccc1N. The normalized spacial score (nSPS) is 13.3. The molecule has 0 saturated carbocycles. The molecular formula is C13H22N3O2S-. The van der Waals surface area contributed by atoms with E-state index in [2.05, 4.69) is 17.0 Å². The first kappa shape index (κ1) is 15.9. The molecule has 5 nitrogen and oxygen atoms in total. The van der Waals surface area contributed by atoms with Gasteiger partial charge in [-0.1, -0.05) is 13.3 Å². The van der Waals surface area contributed by atoms with Gasteiger partial charge in [0.05, 0.1) is 0 Å². The first-order valence-corrected chi connectivity index (χ1v) is 7.41. The van der Waals surface area contributed by atoms with E-state index in [0.717, 1.165) is 29.8 Å². The summed E-state index contributed by atoms with van der Waals surface area (Å²) >= 11 is -2.26. The Kier molecular flexibility index (Phi) is 5.78. The van der Waals surface area contributed by atoms with Crippen molar-refractivity contribution in [2.45, 2.75) is 39.2 Å². The van der Waals surface area contributed by atoms with Crippen LogP contribution in [0.5, 0.6) is 0 Å². The van der Waals surface area contributed by atoms with Crippen molar-refractivity contribution in [1.29, 1.82) is 0 Å². The molecule has 0 heterocycles. The van der Waals surface area contributed by atoms with Gasteiger partial charge in [-0.25, -0.2) is 4.72 Å². The highest BCUT2D eigenvalue weighted by atomic mass is 32.2. The Morgan fingerprint density at radius 1 is 1.42 bits per heavy atom. The van der Waals surface area contributed by atoms with Gasteiger partial charge in [-0.2, -0.15) is 0 Å². The van der Waals surface area contributed by atoms with Gasteiger partial charge < -0.3 is 15.6 Å². The fourth-order valence-electron chi connectivity index (χ4n) is 1.79. The number of nitrogen functional groups attached to an aromatic ring is 1. The van der Waals surface area contributed by atoms with Crippen molar-refractivity contribution in [3.8, 4) is 0 Å². The predicted octanol–water partition coefficient (Wildman–Crippen LogP) is 1.80. The summed E-state index contributed by atoms with van der Waals surface area (Å²) < 4.78 is 23.8. The summed E-state index contributed by atoms with van der Waals surface area (Å²) in [5.74, 6) is 0. The largest absolute Gasteiger partial charge is 0.760 e. The van der Waals surface area contributed by atoms with Crippen LogP contribution in [0.3, 0.4) is 0 Å². The summed E-state index contributed by atoms with van der Waals surface area (Å²) in [6.07, 6.45) is 1.98. The molecule has 0 radical (unpaired) electrons. The molecule has 1 atom stereocenters. The Morgan fingerprint density at radius 2 is 2.11 bits per heavy atom. The van der Waals surface area contributed by atoms with E-state index in [9.17, 15) is 8.76 Å². The third kappa shape index (κ3) is 5.59. The molecule has 4 N–H and O–H groups in total. The topological polar surface area (TPSA) is 90.2 Å². The van der Waals surface area contributed by atoms with Gasteiger partial charge in [0.2, 0.25) is 0 Å². The molecule has 108 valence electrons. The average Bonchev–Trinajstić information content (AvgIpc) is 2.29. The predicted molar refractivity (Wildman–Crippen MR) is 79.5 cm³/mol. The summed E-state index contributed by atoms with van der Waals surface area (Å²) in [4.78, 5) is 0. The van der Waals surface area contributed by atoms with E-state index in [1.54, 1.807) is 0 Å². The minimum atomic E-state index is -2.26. The monoisotopic (exact) mass is 284 g/mol. The quantitative estimate of drug-likeness (QED) is 0.526. The molecule has 0 aliphatic carbocycles. The van der Waals surface area contributed by atoms with Crippen molar-refractivity contribution in [1.82, 2.24) is 4.72 Å². The van der Waals surface area contributed by atoms with Gasteiger partial charge in [0.25, 0.3) is 0 Å². The fourth-order valence-corrected chi connectivity index (χ4v) is 2.31. The van der Waals surface area contributed by atoms with E-state index >= 15 is 0 Å². The van der Waals surface area contributed by atoms with Crippen molar-refractivity contribution in [2.75, 3.05) is 17.6 Å². The molecule has 0 amide bonds. The van der Waals surface area contributed by atoms with Crippen LogP contribution in [0.2, 0.25) is 0 Å². The molecule has 0 aromatic heterocycles. The molecule has 1 aromatic carbocycles. The number of anilines is 2. The number of nitrogens with two attached hydrogens (primary N) is 1. The highest BCUT2D eigenvalue weighted by molar-refractivity contribution is 7.77. The zero-order chi connectivity index (χ0) is 14.5. The highest BCUT2D eigenvalue weighted by Crippen LogP contribution is 2.20. The van der Waals surface area contributed by atoms with Gasteiger partial charge in [-0.3, -0.25) is 4.21 Å². The molecule has 0 fully saturated rings. The molecular weight excluding hydrogens is 262 g/mol. The van der Waals surface area contributed by atoms with Crippen LogP contribution < -0.4 is 15.8 Å². The Hall–Kier alpha value is -1.11. The summed E-state index contributed by atoms with van der Waals surface area (Å²) in [7, 11) is 0. The lowest BCUT2D eigenvalue weighted by atomic mass is 10.1. The maximum absolute atomic E-state index is 10.7. The lowest BCUT2D eigenvalue weighted by molar-refractivity contribution is 0.451. The number of hydrogen-bond acceptors (Lipinski definition) is 4. The van der Waals surface area contributed by atoms with Gasteiger partial charge in [0.15, 0.2) is 0 Å². The molecule has 0 spiro atoms. The van der Waals surface area contributed by atoms with E-state index in [1.807, 2.05) is 32.0 Å². The van der Waals surface area contributed by atoms with Crippen molar-refractivity contribution >= 4 is 22.6 Å². The Labute approximate surface area is 117 Å². The van der Waals surface area contributed by atoms with Crippen molar-refractivity contribution < 1.29 is 8.76 Å². The number of rotatable bonds is 7. The van der Waals surface area contributed by atoms with Crippen LogP contribution in [0.1, 0.15) is 32.8 Å². The molecule has 1 aromatic rings. The fraction of sp³-hybridized carbons (Fsp3) is 0.538. The highest BCUT2D eigenvalue weighted by Gasteiger charge is 2.17. The maximum atomic E-state index is 10.7. The molecule has 0 bridgehead atoms. The third-order valence-corrected chi connectivity index (χ3v) is 3.48. The van der Waals surface area contributed by atoms with Gasteiger partial charge in [-0.05, 0) is 44.0 Å². The van der Waals surface area contributed by atoms with Gasteiger partial charge >= 0.3 is 0 Å². The second kappa shape index (κ2) is 6.88. The van der Waals surface area contributed by atoms with Gasteiger partial charge in [-0.15, -0.1) is 0 Å². The van der Waals surface area contributed by atoms with E-state index in [0.29, 0.717) is 6.54 Å². The summed E-state index contributed by atoms with van der Waals surface area (Å²) in [5, 5.41) is 3.22. The zero-order valence-corrected chi connectivity index (χ0v) is 12.5. The molecule has 19 heavy (non-hydrogen) atoms. The van der Waals surface area contributed by atoms with Crippen LogP contribution in [0.15, 0.2) is 18.2 Å². The number of nitrogens with one attached hydrogen (secondary N) is 2. The summed E-state index contributed by atoms with van der Waals surface area (Å²) in [6.45, 7) is 6.24. The summed E-state index contributed by atoms with van der Waals surface area (Å²) in [6, 6.07) is 5.79. The standard InChI is InChI=1S/C13H23N3O2S/c1-4-5-10-8-11(6-7-12(10)14)15-9-13(2,3)16-19(17)18/h6-8,15-16H,4-5,9,14H2,1-3H3,(H,17,18)/p-1. The number of aryl methyl sites for hydroxylation is 1. The minimum absolute atomic E-state index is 0.496. The second-order valence-electron chi connectivity index (χ2n) is 5.24. The molecule has 0 saturated heterocycles. The average molecular weight is 284 g/mol. The Balaban J connectivity index is 2.67. The summed E-state index contributed by atoms with van der Waals surface area (Å²) in [5.41, 5.74) is 8.22. The molecule has 1 rings (SSSR count). The first-order valence-electron chi connectivity index (χ1n) is 6.33. The van der Waals surface area contributed by atoms with Crippen LogP contribution in [0, 0.1) is 0 Å². The molecule has 0 aliphatic heterocycles. The van der Waals surface area contributed by atoms with Crippen LogP contribution in [0.25, 0.3) is 0 Å². The van der Waals surface area contributed by atoms with E-state index in [1.165, 1.54) is 0 Å². The van der Waals surface area contributed by atoms with Crippen molar-refractivity contribution in [3.05, 3.63) is 23.8 Å². The van der Waals surface area contributed by atoms with Gasteiger partial charge in [0, 0.05) is 34.7 Å². The minimum Gasteiger partial charge on any atom is -0.760 e.